The van der Waals surface area contributed by atoms with E-state index in [1.807, 2.05) is 0 Å². The molecule has 0 saturated carbocycles. The first kappa shape index (κ1) is 49.0. The molecule has 6 heteroatoms. The van der Waals surface area contributed by atoms with Crippen LogP contribution < -0.4 is 0 Å². The summed E-state index contributed by atoms with van der Waals surface area (Å²) >= 11 is 0. The minimum Gasteiger partial charge on any atom is -0.479 e. The van der Waals surface area contributed by atoms with Gasteiger partial charge in [-0.2, -0.15) is 0 Å². The van der Waals surface area contributed by atoms with Gasteiger partial charge in [-0.05, 0) is 33.1 Å². The number of carboxylic acids is 1. The molecule has 0 spiro atoms. The van der Waals surface area contributed by atoms with Gasteiger partial charge in [-0.3, -0.25) is 0 Å². The molecule has 288 valence electrons. The number of hydrogen-bond acceptors (Lipinski definition) is 5. The highest BCUT2D eigenvalue weighted by Gasteiger charge is 2.28. The van der Waals surface area contributed by atoms with Crippen LogP contribution in [0, 0.1) is 0 Å². The molecule has 0 heterocycles. The van der Waals surface area contributed by atoms with Crippen LogP contribution in [0.2, 0.25) is 0 Å². The Balaban J connectivity index is 0. The molecule has 2 unspecified atom stereocenters. The van der Waals surface area contributed by atoms with Crippen LogP contribution in [0.15, 0.2) is 0 Å². The summed E-state index contributed by atoms with van der Waals surface area (Å²) in [5, 5.41) is 27.4. The Morgan fingerprint density at radius 3 is 1.00 bits per heavy atom. The fourth-order valence-electron chi connectivity index (χ4n) is 6.07. The molecular weight excluding hydrogens is 600 g/mol. The summed E-state index contributed by atoms with van der Waals surface area (Å²) in [6.45, 7) is 7.82. The van der Waals surface area contributed by atoms with E-state index >= 15 is 0 Å². The zero-order valence-corrected chi connectivity index (χ0v) is 32.7. The summed E-state index contributed by atoms with van der Waals surface area (Å²) in [5.74, 6) is -1.61. The molecule has 0 aliphatic carbocycles. The van der Waals surface area contributed by atoms with Crippen molar-refractivity contribution in [2.75, 3.05) is 6.61 Å². The summed E-state index contributed by atoms with van der Waals surface area (Å²) in [6.07, 6.45) is 41.6. The lowest BCUT2D eigenvalue weighted by molar-refractivity contribution is -0.157. The van der Waals surface area contributed by atoms with Crippen molar-refractivity contribution in [2.24, 2.45) is 0 Å². The Labute approximate surface area is 299 Å². The lowest BCUT2D eigenvalue weighted by Crippen LogP contribution is -2.34. The van der Waals surface area contributed by atoms with E-state index in [9.17, 15) is 14.7 Å². The highest BCUT2D eigenvalue weighted by atomic mass is 16.5. The fourth-order valence-corrected chi connectivity index (χ4v) is 6.07. The maximum Gasteiger partial charge on any atom is 0.335 e. The predicted molar refractivity (Wildman–Crippen MR) is 205 cm³/mol. The van der Waals surface area contributed by atoms with Gasteiger partial charge in [0.2, 0.25) is 0 Å². The number of rotatable bonds is 36. The third-order valence-electron chi connectivity index (χ3n) is 9.56. The third-order valence-corrected chi connectivity index (χ3v) is 9.56. The molecule has 0 aliphatic rings. The fraction of sp³-hybridized carbons (Fsp3) is 0.952. The number of aliphatic carboxylic acids is 1. The lowest BCUT2D eigenvalue weighted by Gasteiger charge is -2.17. The van der Waals surface area contributed by atoms with Crippen molar-refractivity contribution in [3.05, 3.63) is 0 Å². The van der Waals surface area contributed by atoms with E-state index in [-0.39, 0.29) is 0 Å². The summed E-state index contributed by atoms with van der Waals surface area (Å²) in [7, 11) is 0. The summed E-state index contributed by atoms with van der Waals surface area (Å²) in [6, 6.07) is 0. The largest absolute Gasteiger partial charge is 0.479 e. The number of hydrogen-bond donors (Lipinski definition) is 3. The highest BCUT2D eigenvalue weighted by Crippen LogP contribution is 2.18. The van der Waals surface area contributed by atoms with Crippen molar-refractivity contribution >= 4 is 11.9 Å². The second-order valence-electron chi connectivity index (χ2n) is 14.8. The molecule has 2 atom stereocenters. The first-order valence-corrected chi connectivity index (χ1v) is 21.0. The Kier molecular flexibility index (Phi) is 39.4. The SMILES string of the molecule is CCCCCCCCCCCCCCCCCCC(C)(O)C(=O)O.CCCCCCCCCCCCCCCCCCOC(=O)C(C)O. The van der Waals surface area contributed by atoms with Crippen LogP contribution in [-0.2, 0) is 14.3 Å². The Hall–Kier alpha value is -1.14. The van der Waals surface area contributed by atoms with Crippen LogP contribution in [0.1, 0.15) is 240 Å². The first-order valence-electron chi connectivity index (χ1n) is 21.0. The topological polar surface area (TPSA) is 104 Å². The summed E-state index contributed by atoms with van der Waals surface area (Å²) in [5.41, 5.74) is -1.55. The van der Waals surface area contributed by atoms with Gasteiger partial charge in [0, 0.05) is 0 Å². The normalized spacial score (nSPS) is 13.0. The van der Waals surface area contributed by atoms with Gasteiger partial charge in [0.1, 0.15) is 6.10 Å². The van der Waals surface area contributed by atoms with Gasteiger partial charge in [-0.25, -0.2) is 9.59 Å². The molecule has 48 heavy (non-hydrogen) atoms. The monoisotopic (exact) mass is 685 g/mol. The van der Waals surface area contributed by atoms with Crippen molar-refractivity contribution in [2.45, 2.75) is 251 Å². The molecule has 0 bridgehead atoms. The minimum atomic E-state index is -1.55. The number of carboxylic acid groups (broad SMARTS) is 1. The van der Waals surface area contributed by atoms with Crippen LogP contribution in [0.3, 0.4) is 0 Å². The molecule has 0 rings (SSSR count). The maximum absolute atomic E-state index is 11.0. The molecule has 0 saturated heterocycles. The van der Waals surface area contributed by atoms with Gasteiger partial charge >= 0.3 is 11.9 Å². The number of esters is 1. The Bertz CT molecular complexity index is 661. The average molecular weight is 685 g/mol. The predicted octanol–water partition coefficient (Wildman–Crippen LogP) is 12.6. The van der Waals surface area contributed by atoms with Crippen LogP contribution >= 0.6 is 0 Å². The Morgan fingerprint density at radius 2 is 0.750 bits per heavy atom. The van der Waals surface area contributed by atoms with Gasteiger partial charge in [-0.1, -0.05) is 206 Å². The van der Waals surface area contributed by atoms with Crippen molar-refractivity contribution < 1.29 is 29.6 Å². The number of carbonyl (C=O) groups is 2. The molecular formula is C42H84O6. The van der Waals surface area contributed by atoms with Crippen molar-refractivity contribution in [3.8, 4) is 0 Å². The van der Waals surface area contributed by atoms with Crippen molar-refractivity contribution in [3.63, 3.8) is 0 Å². The first-order chi connectivity index (χ1) is 23.2. The minimum absolute atomic E-state index is 0.362. The van der Waals surface area contributed by atoms with Crippen LogP contribution in [0.25, 0.3) is 0 Å². The van der Waals surface area contributed by atoms with Crippen LogP contribution in [0.5, 0.6) is 0 Å². The molecule has 0 aromatic carbocycles. The standard InChI is InChI=1S/2C21H42O3/c1-3-4-5-6-7-8-9-10-11-12-13-14-15-16-17-18-19-21(2,24)20(22)23;1-3-4-5-6-7-8-9-10-11-12-13-14-15-16-17-18-19-24-21(23)20(2)22/h24H,3-19H2,1-2H3,(H,22,23);20,22H,3-19H2,1-2H3. The maximum atomic E-state index is 11.0. The average Bonchev–Trinajstić information content (AvgIpc) is 3.06. The van der Waals surface area contributed by atoms with Gasteiger partial charge in [-0.15, -0.1) is 0 Å². The number of aliphatic hydroxyl groups excluding tert-OH is 1. The molecule has 0 radical (unpaired) electrons. The van der Waals surface area contributed by atoms with Crippen molar-refractivity contribution in [1.82, 2.24) is 0 Å². The highest BCUT2D eigenvalue weighted by molar-refractivity contribution is 5.76. The molecule has 0 aromatic rings. The second-order valence-corrected chi connectivity index (χ2v) is 14.8. The lowest BCUT2D eigenvalue weighted by atomic mass is 9.97. The molecule has 0 amide bonds. The van der Waals surface area contributed by atoms with Gasteiger partial charge < -0.3 is 20.1 Å². The van der Waals surface area contributed by atoms with Crippen molar-refractivity contribution in [1.29, 1.82) is 0 Å². The van der Waals surface area contributed by atoms with Gasteiger partial charge in [0.15, 0.2) is 5.60 Å². The van der Waals surface area contributed by atoms with E-state index in [4.69, 9.17) is 14.9 Å². The number of unbranched alkanes of at least 4 members (excludes halogenated alkanes) is 30. The number of carbonyl (C=O) groups excluding carboxylic acids is 1. The number of ether oxygens (including phenoxy) is 1. The third kappa shape index (κ3) is 39.3. The van der Waals surface area contributed by atoms with Gasteiger partial charge in [0.05, 0.1) is 6.61 Å². The quantitative estimate of drug-likeness (QED) is 0.0448. The van der Waals surface area contributed by atoms with Gasteiger partial charge in [0.25, 0.3) is 0 Å². The van der Waals surface area contributed by atoms with Crippen LogP contribution in [0.4, 0.5) is 0 Å². The van der Waals surface area contributed by atoms with Crippen LogP contribution in [-0.4, -0.2) is 45.6 Å². The zero-order valence-electron chi connectivity index (χ0n) is 32.7. The Morgan fingerprint density at radius 1 is 0.500 bits per heavy atom. The van der Waals surface area contributed by atoms with E-state index in [2.05, 4.69) is 13.8 Å². The molecule has 0 aliphatic heterocycles. The van der Waals surface area contributed by atoms with E-state index in [1.165, 1.54) is 187 Å². The number of aliphatic hydroxyl groups is 2. The molecule has 0 fully saturated rings. The molecule has 6 nitrogen and oxygen atoms in total. The van der Waals surface area contributed by atoms with E-state index in [1.54, 1.807) is 0 Å². The zero-order chi connectivity index (χ0) is 36.0. The smallest absolute Gasteiger partial charge is 0.335 e. The molecule has 0 aromatic heterocycles. The second kappa shape index (κ2) is 38.7. The van der Waals surface area contributed by atoms with E-state index < -0.39 is 23.6 Å². The van der Waals surface area contributed by atoms with E-state index in [0.29, 0.717) is 13.0 Å². The summed E-state index contributed by atoms with van der Waals surface area (Å²) in [4.78, 5) is 21.8. The van der Waals surface area contributed by atoms with E-state index in [0.717, 1.165) is 32.1 Å². The summed E-state index contributed by atoms with van der Waals surface area (Å²) < 4.78 is 4.93. The molecule has 3 N–H and O–H groups in total.